The van der Waals surface area contributed by atoms with Crippen molar-refractivity contribution in [3.05, 3.63) is 57.0 Å². The Morgan fingerprint density at radius 3 is 2.43 bits per heavy atom. The summed E-state index contributed by atoms with van der Waals surface area (Å²) in [6, 6.07) is 10.9. The van der Waals surface area contributed by atoms with Gasteiger partial charge in [0.15, 0.2) is 0 Å². The first-order chi connectivity index (χ1) is 10.0. The van der Waals surface area contributed by atoms with Crippen LogP contribution in [0.4, 0.5) is 0 Å². The summed E-state index contributed by atoms with van der Waals surface area (Å²) in [7, 11) is 1.91. The van der Waals surface area contributed by atoms with Crippen molar-refractivity contribution in [2.24, 2.45) is 0 Å². The Kier molecular flexibility index (Phi) is 5.77. The minimum Gasteiger partial charge on any atom is -0.457 e. The molecule has 0 bridgehead atoms. The molecule has 112 valence electrons. The smallest absolute Gasteiger partial charge is 0.132 e. The summed E-state index contributed by atoms with van der Waals surface area (Å²) >= 11 is 18.0. The van der Waals surface area contributed by atoms with Gasteiger partial charge in [-0.05, 0) is 43.8 Å². The molecule has 1 unspecified atom stereocenters. The summed E-state index contributed by atoms with van der Waals surface area (Å²) in [5.41, 5.74) is 1.01. The molecule has 1 N–H and O–H groups in total. The predicted molar refractivity (Wildman–Crippen MR) is 90.1 cm³/mol. The molecule has 21 heavy (non-hydrogen) atoms. The van der Waals surface area contributed by atoms with E-state index < -0.39 is 0 Å². The second-order valence-electron chi connectivity index (χ2n) is 4.61. The Morgan fingerprint density at radius 2 is 1.81 bits per heavy atom. The highest BCUT2D eigenvalue weighted by Gasteiger charge is 2.14. The number of rotatable bonds is 5. The van der Waals surface area contributed by atoms with Crippen LogP contribution in [0.1, 0.15) is 24.9 Å². The van der Waals surface area contributed by atoms with Crippen molar-refractivity contribution in [2.75, 3.05) is 7.05 Å². The van der Waals surface area contributed by atoms with Crippen molar-refractivity contribution >= 4 is 34.8 Å². The van der Waals surface area contributed by atoms with Gasteiger partial charge in [-0.3, -0.25) is 0 Å². The number of hydrogen-bond donors (Lipinski definition) is 1. The van der Waals surface area contributed by atoms with Gasteiger partial charge in [-0.1, -0.05) is 41.7 Å². The molecule has 0 amide bonds. The molecule has 2 nitrogen and oxygen atoms in total. The summed E-state index contributed by atoms with van der Waals surface area (Å²) < 4.78 is 5.94. The minimum absolute atomic E-state index is 0.168. The van der Waals surface area contributed by atoms with Crippen LogP contribution in [0.2, 0.25) is 15.1 Å². The van der Waals surface area contributed by atoms with Gasteiger partial charge in [0.2, 0.25) is 0 Å². The molecule has 0 aliphatic carbocycles. The summed E-state index contributed by atoms with van der Waals surface area (Å²) in [4.78, 5) is 0. The lowest BCUT2D eigenvalue weighted by Gasteiger charge is -2.19. The molecule has 2 rings (SSSR count). The molecular weight excluding hydrogens is 329 g/mol. The maximum absolute atomic E-state index is 6.10. The van der Waals surface area contributed by atoms with Crippen molar-refractivity contribution in [1.82, 2.24) is 5.32 Å². The number of nitrogens with one attached hydrogen (secondary N) is 1. The van der Waals surface area contributed by atoms with Crippen molar-refractivity contribution in [3.8, 4) is 11.5 Å². The van der Waals surface area contributed by atoms with Gasteiger partial charge >= 0.3 is 0 Å². The van der Waals surface area contributed by atoms with E-state index in [0.717, 1.165) is 17.7 Å². The molecule has 0 aromatic heterocycles. The van der Waals surface area contributed by atoms with E-state index in [4.69, 9.17) is 39.5 Å². The highest BCUT2D eigenvalue weighted by atomic mass is 35.5. The largest absolute Gasteiger partial charge is 0.457 e. The fourth-order valence-electron chi connectivity index (χ4n) is 2.13. The molecule has 2 aromatic rings. The average Bonchev–Trinajstić information content (AvgIpc) is 2.47. The Balaban J connectivity index is 2.36. The van der Waals surface area contributed by atoms with Gasteiger partial charge in [0, 0.05) is 22.7 Å². The zero-order chi connectivity index (χ0) is 15.4. The van der Waals surface area contributed by atoms with E-state index in [2.05, 4.69) is 12.2 Å². The third-order valence-electron chi connectivity index (χ3n) is 3.22. The van der Waals surface area contributed by atoms with Gasteiger partial charge in [0.25, 0.3) is 0 Å². The van der Waals surface area contributed by atoms with E-state index in [-0.39, 0.29) is 6.04 Å². The van der Waals surface area contributed by atoms with Crippen LogP contribution >= 0.6 is 34.8 Å². The molecular formula is C16H16Cl3NO. The number of ether oxygens (including phenoxy) is 1. The Morgan fingerprint density at radius 1 is 1.05 bits per heavy atom. The maximum atomic E-state index is 6.10. The molecule has 0 heterocycles. The third kappa shape index (κ3) is 4.04. The Hall–Kier alpha value is -0.930. The van der Waals surface area contributed by atoms with Crippen molar-refractivity contribution in [3.63, 3.8) is 0 Å². The van der Waals surface area contributed by atoms with E-state index in [1.807, 2.05) is 19.2 Å². The van der Waals surface area contributed by atoms with Crippen LogP contribution in [0.3, 0.4) is 0 Å². The van der Waals surface area contributed by atoms with Crippen LogP contribution < -0.4 is 10.1 Å². The van der Waals surface area contributed by atoms with E-state index in [1.54, 1.807) is 24.3 Å². The Bertz CT molecular complexity index is 627. The quantitative estimate of drug-likeness (QED) is 0.706. The maximum Gasteiger partial charge on any atom is 0.132 e. The van der Waals surface area contributed by atoms with Crippen LogP contribution in [0.25, 0.3) is 0 Å². The number of hydrogen-bond acceptors (Lipinski definition) is 2. The first kappa shape index (κ1) is 16.4. The van der Waals surface area contributed by atoms with Gasteiger partial charge in [-0.25, -0.2) is 0 Å². The SMILES string of the molecule is CCC(NC)c1cc(Cl)ccc1Oc1ccc(Cl)c(Cl)c1. The van der Waals surface area contributed by atoms with Gasteiger partial charge in [-0.2, -0.15) is 0 Å². The van der Waals surface area contributed by atoms with Gasteiger partial charge < -0.3 is 10.1 Å². The Labute approximate surface area is 140 Å². The second-order valence-corrected chi connectivity index (χ2v) is 5.86. The number of benzene rings is 2. The fraction of sp³-hybridized carbons (Fsp3) is 0.250. The zero-order valence-electron chi connectivity index (χ0n) is 11.8. The fourth-order valence-corrected chi connectivity index (χ4v) is 2.60. The lowest BCUT2D eigenvalue weighted by atomic mass is 10.0. The highest BCUT2D eigenvalue weighted by molar-refractivity contribution is 6.42. The van der Waals surface area contributed by atoms with E-state index in [0.29, 0.717) is 20.8 Å². The highest BCUT2D eigenvalue weighted by Crippen LogP contribution is 2.35. The molecule has 0 saturated heterocycles. The molecule has 0 fully saturated rings. The first-order valence-electron chi connectivity index (χ1n) is 6.64. The van der Waals surface area contributed by atoms with Crippen molar-refractivity contribution in [1.29, 1.82) is 0 Å². The van der Waals surface area contributed by atoms with Gasteiger partial charge in [0.1, 0.15) is 11.5 Å². The normalized spacial score (nSPS) is 12.2. The van der Waals surface area contributed by atoms with Crippen LogP contribution in [0.5, 0.6) is 11.5 Å². The van der Waals surface area contributed by atoms with Crippen LogP contribution in [-0.4, -0.2) is 7.05 Å². The van der Waals surface area contributed by atoms with E-state index in [9.17, 15) is 0 Å². The summed E-state index contributed by atoms with van der Waals surface area (Å²) in [5.74, 6) is 1.39. The average molecular weight is 345 g/mol. The van der Waals surface area contributed by atoms with Crippen molar-refractivity contribution in [2.45, 2.75) is 19.4 Å². The van der Waals surface area contributed by atoms with Gasteiger partial charge in [-0.15, -0.1) is 0 Å². The third-order valence-corrected chi connectivity index (χ3v) is 4.20. The van der Waals surface area contributed by atoms with Crippen LogP contribution in [0, 0.1) is 0 Å². The predicted octanol–water partition coefficient (Wildman–Crippen LogP) is 6.11. The minimum atomic E-state index is 0.168. The lowest BCUT2D eigenvalue weighted by molar-refractivity contribution is 0.459. The van der Waals surface area contributed by atoms with Crippen LogP contribution in [0.15, 0.2) is 36.4 Å². The van der Waals surface area contributed by atoms with E-state index in [1.165, 1.54) is 0 Å². The van der Waals surface area contributed by atoms with Crippen molar-refractivity contribution < 1.29 is 4.74 Å². The molecule has 0 aliphatic heterocycles. The molecule has 1 atom stereocenters. The molecule has 2 aromatic carbocycles. The molecule has 0 radical (unpaired) electrons. The zero-order valence-corrected chi connectivity index (χ0v) is 14.1. The standard InChI is InChI=1S/C16H16Cl3NO/c1-3-15(20-2)12-8-10(17)4-7-16(12)21-11-5-6-13(18)14(19)9-11/h4-9,15,20H,3H2,1-2H3. The molecule has 0 aliphatic rings. The summed E-state index contributed by atoms with van der Waals surface area (Å²) in [5, 5.41) is 4.90. The molecule has 0 saturated carbocycles. The lowest BCUT2D eigenvalue weighted by Crippen LogP contribution is -2.16. The topological polar surface area (TPSA) is 21.3 Å². The second kappa shape index (κ2) is 7.37. The van der Waals surface area contributed by atoms with Crippen LogP contribution in [-0.2, 0) is 0 Å². The van der Waals surface area contributed by atoms with Gasteiger partial charge in [0.05, 0.1) is 10.0 Å². The van der Waals surface area contributed by atoms with E-state index >= 15 is 0 Å². The summed E-state index contributed by atoms with van der Waals surface area (Å²) in [6.07, 6.45) is 0.925. The first-order valence-corrected chi connectivity index (χ1v) is 7.78. The summed E-state index contributed by atoms with van der Waals surface area (Å²) in [6.45, 7) is 2.10. The number of halogens is 3. The molecule has 5 heteroatoms. The molecule has 0 spiro atoms. The monoisotopic (exact) mass is 343 g/mol.